The first-order valence-corrected chi connectivity index (χ1v) is 5.99. The fourth-order valence-electron chi connectivity index (χ4n) is 1.37. The second-order valence-corrected chi connectivity index (χ2v) is 4.37. The molecule has 0 aliphatic heterocycles. The quantitative estimate of drug-likeness (QED) is 0.780. The Morgan fingerprint density at radius 2 is 2.00 bits per heavy atom. The van der Waals surface area contributed by atoms with Crippen molar-refractivity contribution in [3.8, 4) is 5.75 Å². The van der Waals surface area contributed by atoms with E-state index in [4.69, 9.17) is 4.74 Å². The van der Waals surface area contributed by atoms with E-state index < -0.39 is 0 Å². The molecule has 88 valence electrons. The van der Waals surface area contributed by atoms with E-state index in [0.717, 1.165) is 17.5 Å². The molecule has 5 heteroatoms. The topological polar surface area (TPSA) is 52.1 Å². The van der Waals surface area contributed by atoms with Gasteiger partial charge in [-0.25, -0.2) is 0 Å². The van der Waals surface area contributed by atoms with Gasteiger partial charge in [0.15, 0.2) is 0 Å². The SMILES string of the molecule is CC(C)Oc1ccc(C(=O)c2cnsn2)cc1. The molecule has 0 aliphatic carbocycles. The van der Waals surface area contributed by atoms with Gasteiger partial charge in [-0.2, -0.15) is 8.75 Å². The summed E-state index contributed by atoms with van der Waals surface area (Å²) in [6, 6.07) is 7.04. The van der Waals surface area contributed by atoms with Crippen LogP contribution in [0.5, 0.6) is 5.75 Å². The standard InChI is InChI=1S/C12H12N2O2S/c1-8(2)16-10-5-3-9(4-6-10)12(15)11-7-13-17-14-11/h3-8H,1-2H3. The summed E-state index contributed by atoms with van der Waals surface area (Å²) in [6.45, 7) is 3.92. The Morgan fingerprint density at radius 1 is 1.29 bits per heavy atom. The average molecular weight is 248 g/mol. The summed E-state index contributed by atoms with van der Waals surface area (Å²) in [5, 5.41) is 0. The molecule has 0 saturated heterocycles. The highest BCUT2D eigenvalue weighted by Gasteiger charge is 2.11. The van der Waals surface area contributed by atoms with E-state index in [0.29, 0.717) is 11.3 Å². The Kier molecular flexibility index (Phi) is 3.49. The minimum Gasteiger partial charge on any atom is -0.491 e. The summed E-state index contributed by atoms with van der Waals surface area (Å²) in [4.78, 5) is 11.9. The highest BCUT2D eigenvalue weighted by atomic mass is 32.1. The molecule has 0 spiro atoms. The summed E-state index contributed by atoms with van der Waals surface area (Å²) in [7, 11) is 0. The molecule has 1 heterocycles. The molecular formula is C12H12N2O2S. The number of hydrogen-bond donors (Lipinski definition) is 0. The number of ether oxygens (including phenoxy) is 1. The molecule has 0 bridgehead atoms. The number of hydrogen-bond acceptors (Lipinski definition) is 5. The first-order chi connectivity index (χ1) is 8.16. The third-order valence-electron chi connectivity index (χ3n) is 2.08. The minimum atomic E-state index is -0.116. The Labute approximate surface area is 104 Å². The number of rotatable bonds is 4. The third-order valence-corrected chi connectivity index (χ3v) is 2.56. The smallest absolute Gasteiger partial charge is 0.214 e. The number of benzene rings is 1. The van der Waals surface area contributed by atoms with Crippen LogP contribution in [0, 0.1) is 0 Å². The van der Waals surface area contributed by atoms with Crippen molar-refractivity contribution in [2.24, 2.45) is 0 Å². The normalized spacial score (nSPS) is 10.5. The largest absolute Gasteiger partial charge is 0.491 e. The van der Waals surface area contributed by atoms with Gasteiger partial charge >= 0.3 is 0 Å². The lowest BCUT2D eigenvalue weighted by atomic mass is 10.1. The first-order valence-electron chi connectivity index (χ1n) is 5.26. The molecule has 0 fully saturated rings. The molecule has 4 nitrogen and oxygen atoms in total. The van der Waals surface area contributed by atoms with Crippen molar-refractivity contribution >= 4 is 17.5 Å². The number of ketones is 1. The Bertz CT molecular complexity index is 492. The van der Waals surface area contributed by atoms with Gasteiger partial charge in [0.25, 0.3) is 0 Å². The van der Waals surface area contributed by atoms with Crippen LogP contribution in [0.4, 0.5) is 0 Å². The van der Waals surface area contributed by atoms with E-state index in [1.54, 1.807) is 24.3 Å². The third kappa shape index (κ3) is 2.88. The lowest BCUT2D eigenvalue weighted by Gasteiger charge is -2.09. The molecule has 2 rings (SSSR count). The van der Waals surface area contributed by atoms with Gasteiger partial charge in [-0.15, -0.1) is 0 Å². The van der Waals surface area contributed by atoms with Gasteiger partial charge in [0, 0.05) is 5.56 Å². The van der Waals surface area contributed by atoms with Crippen LogP contribution < -0.4 is 4.74 Å². The fraction of sp³-hybridized carbons (Fsp3) is 0.250. The maximum Gasteiger partial charge on any atom is 0.214 e. The monoisotopic (exact) mass is 248 g/mol. The second-order valence-electron chi connectivity index (χ2n) is 3.81. The zero-order valence-corrected chi connectivity index (χ0v) is 10.4. The van der Waals surface area contributed by atoms with E-state index in [-0.39, 0.29) is 11.9 Å². The van der Waals surface area contributed by atoms with Crippen LogP contribution in [0.3, 0.4) is 0 Å². The van der Waals surface area contributed by atoms with Crippen LogP contribution in [-0.4, -0.2) is 20.6 Å². The summed E-state index contributed by atoms with van der Waals surface area (Å²) in [5.41, 5.74) is 0.973. The van der Waals surface area contributed by atoms with Crippen molar-refractivity contribution in [2.75, 3.05) is 0 Å². The average Bonchev–Trinajstić information content (AvgIpc) is 2.82. The van der Waals surface area contributed by atoms with Gasteiger partial charge in [-0.05, 0) is 38.1 Å². The minimum absolute atomic E-state index is 0.116. The predicted molar refractivity (Wildman–Crippen MR) is 65.5 cm³/mol. The van der Waals surface area contributed by atoms with Gasteiger partial charge in [0.2, 0.25) is 5.78 Å². The summed E-state index contributed by atoms with van der Waals surface area (Å²) in [5.74, 6) is 0.641. The van der Waals surface area contributed by atoms with E-state index in [1.807, 2.05) is 13.8 Å². The van der Waals surface area contributed by atoms with E-state index >= 15 is 0 Å². The van der Waals surface area contributed by atoms with Crippen LogP contribution >= 0.6 is 11.7 Å². The van der Waals surface area contributed by atoms with E-state index in [2.05, 4.69) is 8.75 Å². The molecule has 0 aliphatic rings. The summed E-state index contributed by atoms with van der Waals surface area (Å²) >= 11 is 1.03. The van der Waals surface area contributed by atoms with Crippen molar-refractivity contribution in [2.45, 2.75) is 20.0 Å². The molecule has 0 amide bonds. The van der Waals surface area contributed by atoms with Crippen molar-refractivity contribution in [1.82, 2.24) is 8.75 Å². The zero-order chi connectivity index (χ0) is 12.3. The Hall–Kier alpha value is -1.75. The highest BCUT2D eigenvalue weighted by molar-refractivity contribution is 6.99. The van der Waals surface area contributed by atoms with Gasteiger partial charge in [-0.1, -0.05) is 0 Å². The number of carbonyl (C=O) groups is 1. The Balaban J connectivity index is 2.15. The van der Waals surface area contributed by atoms with Crippen molar-refractivity contribution in [3.05, 3.63) is 41.7 Å². The van der Waals surface area contributed by atoms with Gasteiger partial charge in [-0.3, -0.25) is 4.79 Å². The highest BCUT2D eigenvalue weighted by Crippen LogP contribution is 2.15. The molecule has 0 N–H and O–H groups in total. The number of aromatic nitrogens is 2. The first kappa shape index (κ1) is 11.7. The van der Waals surface area contributed by atoms with Crippen LogP contribution in [0.25, 0.3) is 0 Å². The molecule has 2 aromatic rings. The van der Waals surface area contributed by atoms with Crippen molar-refractivity contribution in [3.63, 3.8) is 0 Å². The molecule has 17 heavy (non-hydrogen) atoms. The van der Waals surface area contributed by atoms with E-state index in [9.17, 15) is 4.79 Å². The second kappa shape index (κ2) is 5.05. The lowest BCUT2D eigenvalue weighted by Crippen LogP contribution is -2.06. The van der Waals surface area contributed by atoms with Gasteiger partial charge in [0.1, 0.15) is 11.4 Å². The maximum atomic E-state index is 11.9. The molecule has 1 aromatic carbocycles. The predicted octanol–water partition coefficient (Wildman–Crippen LogP) is 2.56. The van der Waals surface area contributed by atoms with Gasteiger partial charge < -0.3 is 4.74 Å². The van der Waals surface area contributed by atoms with Gasteiger partial charge in [0.05, 0.1) is 24.0 Å². The van der Waals surface area contributed by atoms with Crippen LogP contribution in [0.1, 0.15) is 29.9 Å². The molecule has 0 radical (unpaired) electrons. The molecule has 1 aromatic heterocycles. The molecular weight excluding hydrogens is 236 g/mol. The van der Waals surface area contributed by atoms with Crippen LogP contribution in [0.2, 0.25) is 0 Å². The van der Waals surface area contributed by atoms with Crippen LogP contribution in [-0.2, 0) is 0 Å². The number of nitrogens with zero attached hydrogens (tertiary/aromatic N) is 2. The molecule has 0 unspecified atom stereocenters. The van der Waals surface area contributed by atoms with E-state index in [1.165, 1.54) is 6.20 Å². The Morgan fingerprint density at radius 3 is 2.53 bits per heavy atom. The zero-order valence-electron chi connectivity index (χ0n) is 9.58. The van der Waals surface area contributed by atoms with Crippen molar-refractivity contribution in [1.29, 1.82) is 0 Å². The maximum absolute atomic E-state index is 11.9. The fourth-order valence-corrected chi connectivity index (χ4v) is 1.78. The van der Waals surface area contributed by atoms with Crippen molar-refractivity contribution < 1.29 is 9.53 Å². The molecule has 0 atom stereocenters. The van der Waals surface area contributed by atoms with Crippen LogP contribution in [0.15, 0.2) is 30.5 Å². The number of carbonyl (C=O) groups excluding carboxylic acids is 1. The summed E-state index contributed by atoms with van der Waals surface area (Å²) < 4.78 is 13.2. The molecule has 0 saturated carbocycles. The summed E-state index contributed by atoms with van der Waals surface area (Å²) in [6.07, 6.45) is 1.60. The lowest BCUT2D eigenvalue weighted by molar-refractivity contribution is 0.103.